The van der Waals surface area contributed by atoms with E-state index >= 15 is 0 Å². The second-order valence-corrected chi connectivity index (χ2v) is 4.96. The van der Waals surface area contributed by atoms with Gasteiger partial charge in [0.2, 0.25) is 0 Å². The van der Waals surface area contributed by atoms with Crippen molar-refractivity contribution in [1.29, 1.82) is 0 Å². The van der Waals surface area contributed by atoms with Gasteiger partial charge in [-0.25, -0.2) is 9.78 Å². The van der Waals surface area contributed by atoms with Crippen LogP contribution in [-0.4, -0.2) is 41.5 Å². The predicted molar refractivity (Wildman–Crippen MR) is 74.5 cm³/mol. The van der Waals surface area contributed by atoms with Gasteiger partial charge in [-0.2, -0.15) is 0 Å². The lowest BCUT2D eigenvalue weighted by molar-refractivity contribution is 0.0589. The quantitative estimate of drug-likeness (QED) is 0.795. The van der Waals surface area contributed by atoms with E-state index in [0.29, 0.717) is 5.69 Å². The molecule has 1 amide bonds. The first-order valence-electron chi connectivity index (χ1n) is 7.03. The monoisotopic (exact) mass is 276 g/mol. The van der Waals surface area contributed by atoms with E-state index in [1.54, 1.807) is 18.2 Å². The van der Waals surface area contributed by atoms with Gasteiger partial charge in [-0.05, 0) is 37.8 Å². The molecule has 0 saturated carbocycles. The number of piperidine rings is 1. The highest BCUT2D eigenvalue weighted by molar-refractivity contribution is 5.94. The number of aromatic nitrogens is 1. The summed E-state index contributed by atoms with van der Waals surface area (Å²) in [5.74, 6) is -0.618. The lowest BCUT2D eigenvalue weighted by Crippen LogP contribution is -2.43. The Balaban J connectivity index is 2.21. The molecule has 1 unspecified atom stereocenters. The van der Waals surface area contributed by atoms with Crippen LogP contribution in [0.25, 0.3) is 0 Å². The lowest BCUT2D eigenvalue weighted by atomic mass is 9.99. The highest BCUT2D eigenvalue weighted by Crippen LogP contribution is 2.21. The number of hydrogen-bond donors (Lipinski definition) is 0. The number of nitrogens with zero attached hydrogens (tertiary/aromatic N) is 2. The molecule has 5 heteroatoms. The van der Waals surface area contributed by atoms with Gasteiger partial charge in [0.05, 0.1) is 7.11 Å². The summed E-state index contributed by atoms with van der Waals surface area (Å²) in [6.07, 6.45) is 4.18. The number of methoxy groups -OCH3 is 1. The largest absolute Gasteiger partial charge is 0.464 e. The molecule has 20 heavy (non-hydrogen) atoms. The van der Waals surface area contributed by atoms with Crippen molar-refractivity contribution in [3.05, 3.63) is 29.6 Å². The zero-order chi connectivity index (χ0) is 14.5. The molecule has 2 rings (SSSR count). The van der Waals surface area contributed by atoms with Crippen LogP contribution in [0.3, 0.4) is 0 Å². The summed E-state index contributed by atoms with van der Waals surface area (Å²) < 4.78 is 4.63. The van der Waals surface area contributed by atoms with Gasteiger partial charge in [-0.15, -0.1) is 0 Å². The number of amides is 1. The predicted octanol–water partition coefficient (Wildman–Crippen LogP) is 2.27. The highest BCUT2D eigenvalue weighted by Gasteiger charge is 2.27. The van der Waals surface area contributed by atoms with Crippen molar-refractivity contribution in [3.8, 4) is 0 Å². The number of esters is 1. The maximum atomic E-state index is 12.5. The van der Waals surface area contributed by atoms with E-state index in [4.69, 9.17) is 0 Å². The number of likely N-dealkylation sites (tertiary alicyclic amines) is 1. The Bertz CT molecular complexity index is 502. The maximum Gasteiger partial charge on any atom is 0.356 e. The second-order valence-electron chi connectivity index (χ2n) is 4.96. The Morgan fingerprint density at radius 1 is 1.35 bits per heavy atom. The van der Waals surface area contributed by atoms with Crippen LogP contribution in [0.1, 0.15) is 53.6 Å². The van der Waals surface area contributed by atoms with E-state index in [-0.39, 0.29) is 17.6 Å². The van der Waals surface area contributed by atoms with Crippen LogP contribution >= 0.6 is 0 Å². The number of ether oxygens (including phenoxy) is 1. The normalized spacial score (nSPS) is 18.7. The van der Waals surface area contributed by atoms with Crippen molar-refractivity contribution in [3.63, 3.8) is 0 Å². The summed E-state index contributed by atoms with van der Waals surface area (Å²) in [5, 5.41) is 0. The molecule has 1 atom stereocenters. The van der Waals surface area contributed by atoms with Crippen molar-refractivity contribution in [1.82, 2.24) is 9.88 Å². The van der Waals surface area contributed by atoms with Crippen LogP contribution in [-0.2, 0) is 4.74 Å². The number of rotatable bonds is 3. The fourth-order valence-electron chi connectivity index (χ4n) is 2.61. The molecule has 0 N–H and O–H groups in total. The molecule has 1 saturated heterocycles. The molecule has 0 radical (unpaired) electrons. The van der Waals surface area contributed by atoms with E-state index in [1.807, 2.05) is 4.90 Å². The van der Waals surface area contributed by atoms with E-state index in [9.17, 15) is 9.59 Å². The summed E-state index contributed by atoms with van der Waals surface area (Å²) >= 11 is 0. The molecule has 0 bridgehead atoms. The first-order valence-corrected chi connectivity index (χ1v) is 7.03. The van der Waals surface area contributed by atoms with Crippen LogP contribution in [0.2, 0.25) is 0 Å². The fourth-order valence-corrected chi connectivity index (χ4v) is 2.61. The topological polar surface area (TPSA) is 59.5 Å². The number of pyridine rings is 1. The summed E-state index contributed by atoms with van der Waals surface area (Å²) in [6.45, 7) is 2.86. The summed E-state index contributed by atoms with van der Waals surface area (Å²) in [4.78, 5) is 30.0. The second kappa shape index (κ2) is 6.50. The molecule has 2 heterocycles. The molecule has 0 spiro atoms. The third-order valence-corrected chi connectivity index (χ3v) is 3.72. The summed E-state index contributed by atoms with van der Waals surface area (Å²) in [7, 11) is 1.30. The third-order valence-electron chi connectivity index (χ3n) is 3.72. The Kier molecular flexibility index (Phi) is 4.71. The lowest BCUT2D eigenvalue weighted by Gasteiger charge is -2.35. The van der Waals surface area contributed by atoms with Gasteiger partial charge in [0.1, 0.15) is 11.4 Å². The van der Waals surface area contributed by atoms with Crippen LogP contribution in [0.4, 0.5) is 0 Å². The van der Waals surface area contributed by atoms with Crippen LogP contribution in [0, 0.1) is 0 Å². The van der Waals surface area contributed by atoms with Gasteiger partial charge in [0.25, 0.3) is 5.91 Å². The number of carbonyl (C=O) groups is 2. The molecule has 1 aliphatic heterocycles. The zero-order valence-corrected chi connectivity index (χ0v) is 12.0. The minimum absolute atomic E-state index is 0.0951. The molecule has 108 valence electrons. The Morgan fingerprint density at radius 3 is 2.80 bits per heavy atom. The molecule has 0 aliphatic carbocycles. The average Bonchev–Trinajstić information content (AvgIpc) is 2.53. The van der Waals surface area contributed by atoms with Gasteiger partial charge in [-0.1, -0.05) is 13.0 Å². The van der Waals surface area contributed by atoms with E-state index < -0.39 is 5.97 Å². The van der Waals surface area contributed by atoms with Crippen molar-refractivity contribution in [2.75, 3.05) is 13.7 Å². The smallest absolute Gasteiger partial charge is 0.356 e. The third kappa shape index (κ3) is 2.98. The van der Waals surface area contributed by atoms with Gasteiger partial charge in [0.15, 0.2) is 0 Å². The fraction of sp³-hybridized carbons (Fsp3) is 0.533. The standard InChI is InChI=1S/C15H20N2O3/c1-3-11-7-4-5-10-17(11)14(18)12-8-6-9-13(16-12)15(19)20-2/h6,8-9,11H,3-5,7,10H2,1-2H3. The molecule has 0 aromatic carbocycles. The van der Waals surface area contributed by atoms with Gasteiger partial charge < -0.3 is 9.64 Å². The maximum absolute atomic E-state index is 12.5. The minimum Gasteiger partial charge on any atom is -0.464 e. The van der Waals surface area contributed by atoms with Crippen molar-refractivity contribution in [2.45, 2.75) is 38.6 Å². The van der Waals surface area contributed by atoms with E-state index in [2.05, 4.69) is 16.6 Å². The van der Waals surface area contributed by atoms with E-state index in [0.717, 1.165) is 32.2 Å². The molecular formula is C15H20N2O3. The number of carbonyl (C=O) groups excluding carboxylic acids is 2. The first-order chi connectivity index (χ1) is 9.67. The molecular weight excluding hydrogens is 256 g/mol. The van der Waals surface area contributed by atoms with Crippen LogP contribution < -0.4 is 0 Å². The first kappa shape index (κ1) is 14.5. The van der Waals surface area contributed by atoms with Crippen LogP contribution in [0.15, 0.2) is 18.2 Å². The Morgan fingerprint density at radius 2 is 2.10 bits per heavy atom. The zero-order valence-electron chi connectivity index (χ0n) is 12.0. The van der Waals surface area contributed by atoms with Gasteiger partial charge in [0, 0.05) is 12.6 Å². The van der Waals surface area contributed by atoms with Crippen molar-refractivity contribution >= 4 is 11.9 Å². The van der Waals surface area contributed by atoms with Crippen molar-refractivity contribution < 1.29 is 14.3 Å². The van der Waals surface area contributed by atoms with Crippen LogP contribution in [0.5, 0.6) is 0 Å². The molecule has 1 aromatic rings. The van der Waals surface area contributed by atoms with E-state index in [1.165, 1.54) is 7.11 Å². The van der Waals surface area contributed by atoms with Gasteiger partial charge >= 0.3 is 5.97 Å². The average molecular weight is 276 g/mol. The summed E-state index contributed by atoms with van der Waals surface area (Å²) in [6, 6.07) is 5.14. The minimum atomic E-state index is -0.523. The highest BCUT2D eigenvalue weighted by atomic mass is 16.5. The number of hydrogen-bond acceptors (Lipinski definition) is 4. The molecule has 1 aliphatic rings. The Labute approximate surface area is 118 Å². The Hall–Kier alpha value is -1.91. The SMILES string of the molecule is CCC1CCCCN1C(=O)c1cccc(C(=O)OC)n1. The van der Waals surface area contributed by atoms with Gasteiger partial charge in [-0.3, -0.25) is 4.79 Å². The van der Waals surface area contributed by atoms with Crippen molar-refractivity contribution in [2.24, 2.45) is 0 Å². The summed E-state index contributed by atoms with van der Waals surface area (Å²) in [5.41, 5.74) is 0.483. The molecule has 1 aromatic heterocycles. The molecule has 5 nitrogen and oxygen atoms in total. The molecule has 1 fully saturated rings.